The smallest absolute Gasteiger partial charge is 0.320 e. The fraction of sp³-hybridized carbons (Fsp3) is 0.682. The molecular formula is C22H28O5. The van der Waals surface area contributed by atoms with Crippen molar-refractivity contribution < 1.29 is 23.9 Å². The van der Waals surface area contributed by atoms with Gasteiger partial charge >= 0.3 is 11.9 Å². The van der Waals surface area contributed by atoms with Crippen LogP contribution < -0.4 is 0 Å². The van der Waals surface area contributed by atoms with Crippen molar-refractivity contribution in [2.45, 2.75) is 59.0 Å². The van der Waals surface area contributed by atoms with Gasteiger partial charge in [0.1, 0.15) is 17.3 Å². The number of allylic oxidation sites excluding steroid dienone is 2. The molecule has 1 saturated heterocycles. The van der Waals surface area contributed by atoms with Crippen LogP contribution >= 0.6 is 0 Å². The Hall–Kier alpha value is -1.91. The van der Waals surface area contributed by atoms with Crippen molar-refractivity contribution in [1.29, 1.82) is 0 Å². The Labute approximate surface area is 160 Å². The van der Waals surface area contributed by atoms with Gasteiger partial charge in [0.25, 0.3) is 0 Å². The topological polar surface area (TPSA) is 69.7 Å². The third-order valence-electron chi connectivity index (χ3n) is 7.80. The van der Waals surface area contributed by atoms with E-state index in [1.165, 1.54) is 12.5 Å². The second kappa shape index (κ2) is 5.79. The first-order valence-electron chi connectivity index (χ1n) is 9.88. The Bertz CT molecular complexity index is 767. The monoisotopic (exact) mass is 372 g/mol. The predicted octanol–water partition coefficient (Wildman–Crippen LogP) is 3.38. The molecule has 146 valence electrons. The van der Waals surface area contributed by atoms with Crippen LogP contribution in [0.5, 0.6) is 0 Å². The molecule has 0 aromatic carbocycles. The van der Waals surface area contributed by atoms with E-state index in [9.17, 15) is 14.4 Å². The maximum absolute atomic E-state index is 12.8. The summed E-state index contributed by atoms with van der Waals surface area (Å²) >= 11 is 0. The molecule has 0 spiro atoms. The summed E-state index contributed by atoms with van der Waals surface area (Å²) in [5, 5.41) is 0. The van der Waals surface area contributed by atoms with Crippen molar-refractivity contribution in [3.8, 4) is 0 Å². The first-order chi connectivity index (χ1) is 12.7. The fourth-order valence-corrected chi connectivity index (χ4v) is 6.29. The lowest BCUT2D eigenvalue weighted by molar-refractivity contribution is -0.163. The van der Waals surface area contributed by atoms with E-state index in [1.54, 1.807) is 6.92 Å². The first kappa shape index (κ1) is 18.5. The Kier molecular flexibility index (Phi) is 3.96. The van der Waals surface area contributed by atoms with Gasteiger partial charge in [-0.05, 0) is 50.0 Å². The number of carbonyl (C=O) groups is 3. The van der Waals surface area contributed by atoms with Gasteiger partial charge in [-0.3, -0.25) is 14.4 Å². The number of ether oxygens (including phenoxy) is 2. The molecule has 0 aromatic rings. The lowest BCUT2D eigenvalue weighted by Gasteiger charge is -2.57. The molecule has 1 aliphatic heterocycles. The zero-order valence-electron chi connectivity index (χ0n) is 16.4. The number of ketones is 1. The fourth-order valence-electron chi connectivity index (χ4n) is 6.29. The van der Waals surface area contributed by atoms with Crippen LogP contribution in [0.25, 0.3) is 0 Å². The van der Waals surface area contributed by atoms with Gasteiger partial charge in [0, 0.05) is 24.7 Å². The van der Waals surface area contributed by atoms with Gasteiger partial charge in [-0.1, -0.05) is 18.6 Å². The molecule has 4 rings (SSSR count). The number of fused-ring (bicyclic) bond motifs is 2. The molecule has 2 saturated carbocycles. The summed E-state index contributed by atoms with van der Waals surface area (Å²) in [7, 11) is 0. The highest BCUT2D eigenvalue weighted by Crippen LogP contribution is 2.66. The maximum atomic E-state index is 12.8. The van der Waals surface area contributed by atoms with E-state index >= 15 is 0 Å². The molecule has 0 radical (unpaired) electrons. The number of rotatable bonds is 3. The molecule has 1 heterocycles. The van der Waals surface area contributed by atoms with E-state index in [0.29, 0.717) is 12.8 Å². The predicted molar refractivity (Wildman–Crippen MR) is 98.5 cm³/mol. The first-order valence-corrected chi connectivity index (χ1v) is 9.88. The van der Waals surface area contributed by atoms with Crippen LogP contribution in [-0.4, -0.2) is 30.4 Å². The quantitative estimate of drug-likeness (QED) is 0.431. The van der Waals surface area contributed by atoms with Crippen LogP contribution in [0.15, 0.2) is 24.3 Å². The van der Waals surface area contributed by atoms with E-state index in [0.717, 1.165) is 19.3 Å². The molecule has 0 aromatic heterocycles. The molecule has 6 atom stereocenters. The minimum absolute atomic E-state index is 0.0220. The van der Waals surface area contributed by atoms with Gasteiger partial charge in [-0.15, -0.1) is 6.58 Å². The standard InChI is InChI=1S/C22H28O5/c1-5-20(3)8-6-15-14(11-20)10-16-18-21(4,19(25)27-16)17(24)7-9-22(15,18)12-26-13(2)23/h5,10,15-16,18H,1,6-9,11-12H2,2-4H3/t15-,16-,18+,20-,21+,22+/m1/s1. The molecule has 0 N–H and O–H groups in total. The SMILES string of the molecule is C=C[C@]1(C)CC[C@@H]2C(=C[C@H]3OC(=O)[C@@]4(C)C(=O)CC[C@@]2(COC(C)=O)[C@@H]34)C1. The van der Waals surface area contributed by atoms with Crippen molar-refractivity contribution in [2.24, 2.45) is 28.1 Å². The second-order valence-corrected chi connectivity index (χ2v) is 9.35. The molecule has 0 amide bonds. The van der Waals surface area contributed by atoms with Crippen molar-refractivity contribution in [2.75, 3.05) is 6.61 Å². The molecule has 3 aliphatic carbocycles. The zero-order valence-corrected chi connectivity index (χ0v) is 16.4. The van der Waals surface area contributed by atoms with E-state index in [2.05, 4.69) is 19.6 Å². The molecule has 5 nitrogen and oxygen atoms in total. The van der Waals surface area contributed by atoms with Crippen LogP contribution in [-0.2, 0) is 23.9 Å². The van der Waals surface area contributed by atoms with Crippen LogP contribution in [0.1, 0.15) is 52.9 Å². The van der Waals surface area contributed by atoms with Gasteiger partial charge in [0.2, 0.25) is 0 Å². The third kappa shape index (κ3) is 2.39. The van der Waals surface area contributed by atoms with Gasteiger partial charge in [0.15, 0.2) is 0 Å². The van der Waals surface area contributed by atoms with Crippen molar-refractivity contribution in [1.82, 2.24) is 0 Å². The highest BCUT2D eigenvalue weighted by Gasteiger charge is 2.71. The average molecular weight is 372 g/mol. The number of esters is 2. The molecule has 4 aliphatic rings. The number of carbonyl (C=O) groups excluding carboxylic acids is 3. The summed E-state index contributed by atoms with van der Waals surface area (Å²) in [6, 6.07) is 0. The van der Waals surface area contributed by atoms with Crippen molar-refractivity contribution >= 4 is 17.7 Å². The highest BCUT2D eigenvalue weighted by atomic mass is 16.6. The second-order valence-electron chi connectivity index (χ2n) is 9.35. The normalized spacial score (nSPS) is 45.3. The molecule has 0 unspecified atom stereocenters. The van der Waals surface area contributed by atoms with E-state index in [4.69, 9.17) is 9.47 Å². The van der Waals surface area contributed by atoms with E-state index in [1.807, 2.05) is 6.08 Å². The Balaban J connectivity index is 1.84. The average Bonchev–Trinajstić information content (AvgIpc) is 2.88. The summed E-state index contributed by atoms with van der Waals surface area (Å²) in [5.41, 5.74) is -0.264. The van der Waals surface area contributed by atoms with E-state index in [-0.39, 0.29) is 35.6 Å². The van der Waals surface area contributed by atoms with Crippen LogP contribution in [0.2, 0.25) is 0 Å². The van der Waals surface area contributed by atoms with Crippen LogP contribution in [0.3, 0.4) is 0 Å². The number of hydrogen-bond acceptors (Lipinski definition) is 5. The molecule has 3 fully saturated rings. The van der Waals surface area contributed by atoms with Gasteiger partial charge in [-0.2, -0.15) is 0 Å². The maximum Gasteiger partial charge on any atom is 0.320 e. The number of Topliss-reactive ketones (excluding diaryl/α,β-unsaturated/α-hetero) is 1. The third-order valence-corrected chi connectivity index (χ3v) is 7.80. The van der Waals surface area contributed by atoms with Gasteiger partial charge in [0.05, 0.1) is 6.61 Å². The molecule has 27 heavy (non-hydrogen) atoms. The highest BCUT2D eigenvalue weighted by molar-refractivity contribution is 6.06. The van der Waals surface area contributed by atoms with Crippen LogP contribution in [0.4, 0.5) is 0 Å². The largest absolute Gasteiger partial charge is 0.465 e. The molecule has 0 bridgehead atoms. The summed E-state index contributed by atoms with van der Waals surface area (Å²) in [4.78, 5) is 37.2. The minimum atomic E-state index is -1.13. The molecule has 5 heteroatoms. The minimum Gasteiger partial charge on any atom is -0.465 e. The molecular weight excluding hydrogens is 344 g/mol. The lowest BCUT2D eigenvalue weighted by Crippen LogP contribution is -2.60. The Morgan fingerprint density at radius 2 is 2.11 bits per heavy atom. The van der Waals surface area contributed by atoms with Crippen LogP contribution in [0, 0.1) is 28.1 Å². The summed E-state index contributed by atoms with van der Waals surface area (Å²) in [5.74, 6) is -0.848. The Morgan fingerprint density at radius 1 is 1.37 bits per heavy atom. The zero-order chi connectivity index (χ0) is 19.6. The summed E-state index contributed by atoms with van der Waals surface area (Å²) in [6.45, 7) is 9.60. The van der Waals surface area contributed by atoms with Crippen molar-refractivity contribution in [3.05, 3.63) is 24.3 Å². The van der Waals surface area contributed by atoms with Gasteiger partial charge < -0.3 is 9.47 Å². The lowest BCUT2D eigenvalue weighted by atomic mass is 9.45. The van der Waals surface area contributed by atoms with E-state index < -0.39 is 22.9 Å². The van der Waals surface area contributed by atoms with Crippen molar-refractivity contribution in [3.63, 3.8) is 0 Å². The number of hydrogen-bond donors (Lipinski definition) is 0. The summed E-state index contributed by atoms with van der Waals surface area (Å²) < 4.78 is 11.3. The van der Waals surface area contributed by atoms with Gasteiger partial charge in [-0.25, -0.2) is 0 Å². The summed E-state index contributed by atoms with van der Waals surface area (Å²) in [6.07, 6.45) is 7.47. The Morgan fingerprint density at radius 3 is 2.78 bits per heavy atom.